The molecule has 2 aromatic heterocycles. The third-order valence-corrected chi connectivity index (χ3v) is 7.92. The molecule has 0 spiro atoms. The molecule has 0 bridgehead atoms. The minimum atomic E-state index is -1.02. The zero-order chi connectivity index (χ0) is 23.0. The molecule has 1 aliphatic heterocycles. The lowest BCUT2D eigenvalue weighted by Gasteiger charge is -2.43. The topological polar surface area (TPSA) is 67.2 Å². The molecule has 5 rings (SSSR count). The van der Waals surface area contributed by atoms with Gasteiger partial charge in [0.25, 0.3) is 5.91 Å². The van der Waals surface area contributed by atoms with E-state index in [9.17, 15) is 9.59 Å². The highest BCUT2D eigenvalue weighted by Crippen LogP contribution is 2.33. The first-order chi connectivity index (χ1) is 16.0. The number of benzene rings is 1. The van der Waals surface area contributed by atoms with Crippen molar-refractivity contribution >= 4 is 23.2 Å². The summed E-state index contributed by atoms with van der Waals surface area (Å²) in [5.41, 5.74) is 2.57. The Hall–Kier alpha value is -2.93. The number of hydrogen-bond donors (Lipinski definition) is 1. The summed E-state index contributed by atoms with van der Waals surface area (Å²) in [7, 11) is 0. The van der Waals surface area contributed by atoms with Crippen LogP contribution in [0.5, 0.6) is 0 Å². The van der Waals surface area contributed by atoms with Gasteiger partial charge in [0.2, 0.25) is 5.91 Å². The molecule has 1 N–H and O–H groups in total. The van der Waals surface area contributed by atoms with E-state index in [4.69, 9.17) is 5.10 Å². The maximum Gasteiger partial charge on any atom is 0.273 e. The van der Waals surface area contributed by atoms with E-state index in [0.29, 0.717) is 18.8 Å². The van der Waals surface area contributed by atoms with Gasteiger partial charge in [0.05, 0.1) is 11.4 Å². The van der Waals surface area contributed by atoms with Crippen molar-refractivity contribution < 1.29 is 9.59 Å². The van der Waals surface area contributed by atoms with Crippen molar-refractivity contribution in [3.8, 4) is 10.6 Å². The molecule has 7 heteroatoms. The number of nitrogens with one attached hydrogen (secondary N) is 1. The van der Waals surface area contributed by atoms with Crippen molar-refractivity contribution in [2.24, 2.45) is 0 Å². The summed E-state index contributed by atoms with van der Waals surface area (Å²) in [4.78, 5) is 30.2. The Kier molecular flexibility index (Phi) is 5.83. The van der Waals surface area contributed by atoms with Crippen molar-refractivity contribution in [2.75, 3.05) is 0 Å². The summed E-state index contributed by atoms with van der Waals surface area (Å²) < 4.78 is 1.72. The van der Waals surface area contributed by atoms with Gasteiger partial charge in [0.15, 0.2) is 0 Å². The quantitative estimate of drug-likeness (QED) is 0.580. The van der Waals surface area contributed by atoms with E-state index in [1.807, 2.05) is 30.5 Å². The van der Waals surface area contributed by atoms with Gasteiger partial charge in [-0.2, -0.15) is 5.10 Å². The molecule has 1 aliphatic carbocycles. The summed E-state index contributed by atoms with van der Waals surface area (Å²) in [6.07, 6.45) is 5.26. The van der Waals surface area contributed by atoms with Gasteiger partial charge in [-0.05, 0) is 54.8 Å². The number of hydrogen-bond acceptors (Lipinski definition) is 4. The zero-order valence-corrected chi connectivity index (χ0v) is 20.0. The molecule has 33 heavy (non-hydrogen) atoms. The molecule has 1 atom stereocenters. The molecule has 2 aliphatic rings. The average molecular weight is 463 g/mol. The molecule has 1 fully saturated rings. The van der Waals surface area contributed by atoms with Crippen LogP contribution in [0, 0.1) is 0 Å². The number of fused-ring (bicyclic) bond motifs is 1. The van der Waals surface area contributed by atoms with Crippen LogP contribution < -0.4 is 5.32 Å². The molecule has 3 heterocycles. The number of amides is 2. The second-order valence-electron chi connectivity index (χ2n) is 9.34. The lowest BCUT2D eigenvalue weighted by Crippen LogP contribution is -2.64. The average Bonchev–Trinajstić information content (AvgIpc) is 3.58. The van der Waals surface area contributed by atoms with Gasteiger partial charge in [-0.15, -0.1) is 11.3 Å². The van der Waals surface area contributed by atoms with Crippen molar-refractivity contribution in [1.82, 2.24) is 20.0 Å². The van der Waals surface area contributed by atoms with Gasteiger partial charge >= 0.3 is 0 Å². The maximum atomic E-state index is 13.8. The molecule has 3 aromatic rings. The molecule has 0 saturated heterocycles. The van der Waals surface area contributed by atoms with E-state index in [1.54, 1.807) is 20.9 Å². The van der Waals surface area contributed by atoms with Crippen molar-refractivity contribution in [3.05, 3.63) is 64.7 Å². The maximum absolute atomic E-state index is 13.8. The fourth-order valence-corrected chi connectivity index (χ4v) is 5.59. The number of aryl methyl sites for hydroxylation is 1. The smallest absolute Gasteiger partial charge is 0.273 e. The van der Waals surface area contributed by atoms with Gasteiger partial charge in [-0.3, -0.25) is 14.3 Å². The molecule has 1 unspecified atom stereocenters. The molecule has 6 nitrogen and oxygen atoms in total. The molecule has 0 radical (unpaired) electrons. The minimum absolute atomic E-state index is 0.0910. The highest BCUT2D eigenvalue weighted by molar-refractivity contribution is 7.13. The number of aromatic nitrogens is 2. The van der Waals surface area contributed by atoms with E-state index < -0.39 is 5.54 Å². The third-order valence-electron chi connectivity index (χ3n) is 7.02. The van der Waals surface area contributed by atoms with E-state index in [2.05, 4.69) is 36.5 Å². The molecular weight excluding hydrogens is 432 g/mol. The fourth-order valence-electron chi connectivity index (χ4n) is 4.91. The highest BCUT2D eigenvalue weighted by Gasteiger charge is 2.48. The van der Waals surface area contributed by atoms with Gasteiger partial charge in [0.1, 0.15) is 16.9 Å². The van der Waals surface area contributed by atoms with Gasteiger partial charge in [-0.1, -0.05) is 50.1 Å². The van der Waals surface area contributed by atoms with E-state index in [1.165, 1.54) is 5.56 Å². The monoisotopic (exact) mass is 462 g/mol. The number of rotatable bonds is 6. The van der Waals surface area contributed by atoms with Crippen LogP contribution in [-0.4, -0.2) is 38.1 Å². The molecule has 172 valence electrons. The summed E-state index contributed by atoms with van der Waals surface area (Å²) >= 11 is 1.60. The predicted octanol–water partition coefficient (Wildman–Crippen LogP) is 4.65. The third kappa shape index (κ3) is 4.10. The van der Waals surface area contributed by atoms with Crippen LogP contribution in [0.2, 0.25) is 0 Å². The standard InChI is InChI=1S/C26H30N4O2S/c1-3-18-10-12-19(13-11-18)16-29-24(31)22-15-21(23-9-6-14-33-23)28-30(22)17-26(29,2)25(32)27-20-7-4-5-8-20/h6,9-15,20H,3-5,7-8,16-17H2,1-2H3,(H,27,32). The molecule has 2 amide bonds. The Morgan fingerprint density at radius 3 is 2.58 bits per heavy atom. The zero-order valence-electron chi connectivity index (χ0n) is 19.2. The van der Waals surface area contributed by atoms with E-state index >= 15 is 0 Å². The summed E-state index contributed by atoms with van der Waals surface area (Å²) in [5.74, 6) is -0.244. The Balaban J connectivity index is 1.50. The van der Waals surface area contributed by atoms with Crippen LogP contribution >= 0.6 is 11.3 Å². The lowest BCUT2D eigenvalue weighted by molar-refractivity contribution is -0.134. The Labute approximate surface area is 198 Å². The number of carbonyl (C=O) groups is 2. The van der Waals surface area contributed by atoms with Gasteiger partial charge in [0, 0.05) is 12.6 Å². The first-order valence-corrected chi connectivity index (χ1v) is 12.7. The van der Waals surface area contributed by atoms with Crippen LogP contribution in [0.4, 0.5) is 0 Å². The van der Waals surface area contributed by atoms with Gasteiger partial charge < -0.3 is 10.2 Å². The highest BCUT2D eigenvalue weighted by atomic mass is 32.1. The fraction of sp³-hybridized carbons (Fsp3) is 0.423. The molecule has 1 aromatic carbocycles. The van der Waals surface area contributed by atoms with Crippen LogP contribution in [-0.2, 0) is 24.3 Å². The largest absolute Gasteiger partial charge is 0.351 e. The Morgan fingerprint density at radius 1 is 1.18 bits per heavy atom. The second-order valence-corrected chi connectivity index (χ2v) is 10.3. The van der Waals surface area contributed by atoms with Crippen LogP contribution in [0.3, 0.4) is 0 Å². The SMILES string of the molecule is CCc1ccc(CN2C(=O)c3cc(-c4cccs4)nn3CC2(C)C(=O)NC2CCCC2)cc1. The summed E-state index contributed by atoms with van der Waals surface area (Å²) in [6, 6.07) is 14.3. The van der Waals surface area contributed by atoms with Crippen molar-refractivity contribution in [2.45, 2.75) is 70.6 Å². The number of thiophene rings is 1. The molecule has 1 saturated carbocycles. The normalized spacial score (nSPS) is 20.8. The van der Waals surface area contributed by atoms with Crippen LogP contribution in [0.25, 0.3) is 10.6 Å². The van der Waals surface area contributed by atoms with Crippen molar-refractivity contribution in [1.29, 1.82) is 0 Å². The van der Waals surface area contributed by atoms with Crippen molar-refractivity contribution in [3.63, 3.8) is 0 Å². The first-order valence-electron chi connectivity index (χ1n) is 11.8. The Bertz CT molecular complexity index is 1150. The Morgan fingerprint density at radius 2 is 1.91 bits per heavy atom. The minimum Gasteiger partial charge on any atom is -0.351 e. The van der Waals surface area contributed by atoms with Gasteiger partial charge in [-0.25, -0.2) is 0 Å². The predicted molar refractivity (Wildman–Crippen MR) is 130 cm³/mol. The first kappa shape index (κ1) is 21.9. The second kappa shape index (κ2) is 8.78. The lowest BCUT2D eigenvalue weighted by atomic mass is 9.93. The van der Waals surface area contributed by atoms with E-state index in [0.717, 1.165) is 48.2 Å². The number of nitrogens with zero attached hydrogens (tertiary/aromatic N) is 3. The molecular formula is C26H30N4O2S. The summed E-state index contributed by atoms with van der Waals surface area (Å²) in [5, 5.41) is 9.95. The number of carbonyl (C=O) groups excluding carboxylic acids is 2. The van der Waals surface area contributed by atoms with E-state index in [-0.39, 0.29) is 17.9 Å². The van der Waals surface area contributed by atoms with Crippen LogP contribution in [0.15, 0.2) is 47.8 Å². The van der Waals surface area contributed by atoms with Crippen LogP contribution in [0.1, 0.15) is 61.1 Å². The summed E-state index contributed by atoms with van der Waals surface area (Å²) in [6.45, 7) is 4.73.